The second-order valence-corrected chi connectivity index (χ2v) is 7.37. The van der Waals surface area contributed by atoms with Gasteiger partial charge in [0.1, 0.15) is 0 Å². The number of H-pyrrole nitrogens is 2. The third-order valence-electron chi connectivity index (χ3n) is 3.92. The van der Waals surface area contributed by atoms with Gasteiger partial charge in [-0.1, -0.05) is 41.7 Å². The maximum atomic E-state index is 5.44. The van der Waals surface area contributed by atoms with Crippen LogP contribution in [0.2, 0.25) is 0 Å². The van der Waals surface area contributed by atoms with Gasteiger partial charge < -0.3 is 9.64 Å². The lowest BCUT2D eigenvalue weighted by Crippen LogP contribution is -2.36. The van der Waals surface area contributed by atoms with Crippen LogP contribution in [0.5, 0.6) is 0 Å². The van der Waals surface area contributed by atoms with Crippen LogP contribution in [0.1, 0.15) is 4.88 Å². The minimum absolute atomic E-state index is 0.422. The van der Waals surface area contributed by atoms with E-state index in [1.54, 1.807) is 17.6 Å². The highest BCUT2D eigenvalue weighted by molar-refractivity contribution is 7.72. The fourth-order valence-electron chi connectivity index (χ4n) is 2.62. The SMILES string of the molecule is S=c1[nH][nH]c(=S)n1/N=C\c1sc(N2CCOCC2)nc1-c1ccccc1. The van der Waals surface area contributed by atoms with Crippen LogP contribution in [0.15, 0.2) is 35.4 Å². The Hall–Kier alpha value is -2.14. The molecule has 0 unspecified atom stereocenters. The van der Waals surface area contributed by atoms with Gasteiger partial charge in [0.2, 0.25) is 9.54 Å². The van der Waals surface area contributed by atoms with Gasteiger partial charge in [0.15, 0.2) is 5.13 Å². The first kappa shape index (κ1) is 17.3. The minimum atomic E-state index is 0.422. The smallest absolute Gasteiger partial charge is 0.215 e. The van der Waals surface area contributed by atoms with E-state index in [2.05, 4.69) is 20.2 Å². The van der Waals surface area contributed by atoms with E-state index in [9.17, 15) is 0 Å². The molecule has 3 aromatic rings. The molecule has 1 fully saturated rings. The standard InChI is InChI=1S/C16H16N6OS3/c24-14-19-20-15(25)22(14)17-10-12-13(11-4-2-1-3-5-11)18-16(26-12)21-6-8-23-9-7-21/h1-5,10H,6-9H2,(H,19,24)(H,20,25)/b17-10-. The molecule has 1 aliphatic rings. The van der Waals surface area contributed by atoms with E-state index < -0.39 is 0 Å². The average molecular weight is 405 g/mol. The van der Waals surface area contributed by atoms with E-state index >= 15 is 0 Å². The number of anilines is 1. The molecule has 2 N–H and O–H groups in total. The van der Waals surface area contributed by atoms with Crippen molar-refractivity contribution in [3.05, 3.63) is 44.8 Å². The van der Waals surface area contributed by atoms with Gasteiger partial charge >= 0.3 is 0 Å². The van der Waals surface area contributed by atoms with Gasteiger partial charge in [-0.2, -0.15) is 9.78 Å². The maximum absolute atomic E-state index is 5.44. The number of benzene rings is 1. The zero-order valence-electron chi connectivity index (χ0n) is 13.7. The number of morpholine rings is 1. The van der Waals surface area contributed by atoms with E-state index in [1.807, 2.05) is 30.3 Å². The van der Waals surface area contributed by atoms with Crippen LogP contribution in [0.3, 0.4) is 0 Å². The first-order chi connectivity index (χ1) is 12.7. The summed E-state index contributed by atoms with van der Waals surface area (Å²) in [5.74, 6) is 0. The number of rotatable bonds is 4. The van der Waals surface area contributed by atoms with E-state index in [0.29, 0.717) is 9.54 Å². The van der Waals surface area contributed by atoms with Crippen molar-refractivity contribution in [1.29, 1.82) is 0 Å². The van der Waals surface area contributed by atoms with Gasteiger partial charge in [0.25, 0.3) is 0 Å². The second-order valence-electron chi connectivity index (χ2n) is 5.59. The van der Waals surface area contributed by atoms with Gasteiger partial charge in [0, 0.05) is 18.7 Å². The topological polar surface area (TPSA) is 74.2 Å². The summed E-state index contributed by atoms with van der Waals surface area (Å²) in [6.45, 7) is 3.12. The number of hydrogen-bond acceptors (Lipinski definition) is 7. The third kappa shape index (κ3) is 3.54. The molecule has 2 aromatic heterocycles. The second kappa shape index (κ2) is 7.62. The van der Waals surface area contributed by atoms with Crippen molar-refractivity contribution in [2.45, 2.75) is 0 Å². The van der Waals surface area contributed by atoms with E-state index in [1.165, 1.54) is 4.68 Å². The number of aromatic amines is 2. The molecule has 1 aromatic carbocycles. The molecule has 7 nitrogen and oxygen atoms in total. The fourth-order valence-corrected chi connectivity index (χ4v) is 4.06. The Bertz CT molecular complexity index is 999. The predicted molar refractivity (Wildman–Crippen MR) is 108 cm³/mol. The highest BCUT2D eigenvalue weighted by Crippen LogP contribution is 2.32. The predicted octanol–water partition coefficient (Wildman–Crippen LogP) is 3.45. The van der Waals surface area contributed by atoms with Crippen LogP contribution in [-0.4, -0.2) is 52.4 Å². The molecular weight excluding hydrogens is 388 g/mol. The monoisotopic (exact) mass is 404 g/mol. The fraction of sp³-hybridized carbons (Fsp3) is 0.250. The molecule has 0 bridgehead atoms. The van der Waals surface area contributed by atoms with Gasteiger partial charge in [0.05, 0.1) is 30.0 Å². The Morgan fingerprint density at radius 2 is 1.81 bits per heavy atom. The first-order valence-corrected chi connectivity index (χ1v) is 9.68. The normalized spacial score (nSPS) is 15.0. The largest absolute Gasteiger partial charge is 0.378 e. The summed E-state index contributed by atoms with van der Waals surface area (Å²) in [5, 5.41) is 11.0. The van der Waals surface area contributed by atoms with Crippen LogP contribution >= 0.6 is 35.8 Å². The van der Waals surface area contributed by atoms with Crippen LogP contribution < -0.4 is 4.90 Å². The van der Waals surface area contributed by atoms with Crippen molar-refractivity contribution in [3.8, 4) is 11.3 Å². The Morgan fingerprint density at radius 3 is 2.50 bits per heavy atom. The first-order valence-electron chi connectivity index (χ1n) is 8.05. The summed E-state index contributed by atoms with van der Waals surface area (Å²) in [7, 11) is 0. The number of thiazole rings is 1. The molecule has 1 saturated heterocycles. The summed E-state index contributed by atoms with van der Waals surface area (Å²) in [6, 6.07) is 10.1. The molecule has 134 valence electrons. The lowest BCUT2D eigenvalue weighted by atomic mass is 10.1. The number of nitrogens with zero attached hydrogens (tertiary/aromatic N) is 4. The molecule has 10 heteroatoms. The van der Waals surface area contributed by atoms with Crippen molar-refractivity contribution in [2.75, 3.05) is 31.2 Å². The van der Waals surface area contributed by atoms with Gasteiger partial charge in [-0.15, -0.1) is 0 Å². The van der Waals surface area contributed by atoms with Crippen LogP contribution in [0, 0.1) is 9.54 Å². The molecule has 0 saturated carbocycles. The Labute approximate surface area is 164 Å². The number of hydrogen-bond donors (Lipinski definition) is 2. The molecule has 3 heterocycles. The van der Waals surface area contributed by atoms with E-state index in [4.69, 9.17) is 34.2 Å². The Morgan fingerprint density at radius 1 is 1.12 bits per heavy atom. The number of nitrogens with one attached hydrogen (secondary N) is 2. The van der Waals surface area contributed by atoms with Crippen LogP contribution in [0.4, 0.5) is 5.13 Å². The summed E-state index contributed by atoms with van der Waals surface area (Å²) in [6.07, 6.45) is 1.76. The lowest BCUT2D eigenvalue weighted by Gasteiger charge is -2.26. The van der Waals surface area contributed by atoms with Crippen molar-refractivity contribution >= 4 is 47.1 Å². The molecule has 0 atom stereocenters. The van der Waals surface area contributed by atoms with Crippen LogP contribution in [0.25, 0.3) is 11.3 Å². The number of aromatic nitrogens is 4. The van der Waals surface area contributed by atoms with Gasteiger partial charge in [-0.05, 0) is 24.4 Å². The summed E-state index contributed by atoms with van der Waals surface area (Å²) < 4.78 is 7.76. The lowest BCUT2D eigenvalue weighted by molar-refractivity contribution is 0.122. The Balaban J connectivity index is 1.75. The highest BCUT2D eigenvalue weighted by atomic mass is 32.1. The van der Waals surface area contributed by atoms with Crippen molar-refractivity contribution < 1.29 is 4.74 Å². The van der Waals surface area contributed by atoms with E-state index in [0.717, 1.165) is 47.6 Å². The van der Waals surface area contributed by atoms with E-state index in [-0.39, 0.29) is 0 Å². The van der Waals surface area contributed by atoms with Crippen molar-refractivity contribution in [2.24, 2.45) is 5.10 Å². The summed E-state index contributed by atoms with van der Waals surface area (Å²) >= 11 is 12.0. The maximum Gasteiger partial charge on any atom is 0.215 e. The highest BCUT2D eigenvalue weighted by Gasteiger charge is 2.18. The zero-order chi connectivity index (χ0) is 17.9. The number of ether oxygens (including phenoxy) is 1. The molecule has 0 amide bonds. The molecule has 1 aliphatic heterocycles. The van der Waals surface area contributed by atoms with Gasteiger partial charge in [-0.25, -0.2) is 4.98 Å². The summed E-state index contributed by atoms with van der Waals surface area (Å²) in [5.41, 5.74) is 1.95. The van der Waals surface area contributed by atoms with Crippen LogP contribution in [-0.2, 0) is 4.74 Å². The van der Waals surface area contributed by atoms with Gasteiger partial charge in [-0.3, -0.25) is 10.2 Å². The third-order valence-corrected chi connectivity index (χ3v) is 5.52. The average Bonchev–Trinajstić information content (AvgIpc) is 3.25. The summed E-state index contributed by atoms with van der Waals surface area (Å²) in [4.78, 5) is 8.07. The zero-order valence-corrected chi connectivity index (χ0v) is 16.2. The molecule has 4 rings (SSSR count). The van der Waals surface area contributed by atoms with Crippen molar-refractivity contribution in [3.63, 3.8) is 0 Å². The minimum Gasteiger partial charge on any atom is -0.378 e. The van der Waals surface area contributed by atoms with Crippen molar-refractivity contribution in [1.82, 2.24) is 19.9 Å². The molecule has 0 spiro atoms. The molecule has 26 heavy (non-hydrogen) atoms. The molecule has 0 radical (unpaired) electrons. The molecular formula is C16H16N6OS3. The quantitative estimate of drug-likeness (QED) is 0.515. The Kier molecular flexibility index (Phi) is 5.07. The molecule has 0 aliphatic carbocycles.